The van der Waals surface area contributed by atoms with Gasteiger partial charge in [0.2, 0.25) is 0 Å². The summed E-state index contributed by atoms with van der Waals surface area (Å²) in [7, 11) is 0.846. The standard InChI is InChI=1S/C9H15F3O3/c1-5(2)15-6(3)9(11,12)7(10)8(13)14-4/h5-7H,1-4H3. The molecule has 90 valence electrons. The summed E-state index contributed by atoms with van der Waals surface area (Å²) < 4.78 is 48.0. The van der Waals surface area contributed by atoms with Gasteiger partial charge in [0, 0.05) is 0 Å². The lowest BCUT2D eigenvalue weighted by Crippen LogP contribution is -2.47. The average Bonchev–Trinajstić information content (AvgIpc) is 2.14. The van der Waals surface area contributed by atoms with Crippen LogP contribution in [0.15, 0.2) is 0 Å². The second-order valence-electron chi connectivity index (χ2n) is 3.39. The second-order valence-corrected chi connectivity index (χ2v) is 3.39. The summed E-state index contributed by atoms with van der Waals surface area (Å²) in [4.78, 5) is 10.6. The van der Waals surface area contributed by atoms with Crippen LogP contribution in [0.1, 0.15) is 20.8 Å². The molecule has 0 fully saturated rings. The van der Waals surface area contributed by atoms with Gasteiger partial charge < -0.3 is 9.47 Å². The molecule has 0 N–H and O–H groups in total. The van der Waals surface area contributed by atoms with Gasteiger partial charge in [-0.15, -0.1) is 0 Å². The van der Waals surface area contributed by atoms with E-state index in [2.05, 4.69) is 4.74 Å². The maximum Gasteiger partial charge on any atom is 0.347 e. The molecule has 0 spiro atoms. The largest absolute Gasteiger partial charge is 0.467 e. The van der Waals surface area contributed by atoms with Gasteiger partial charge in [-0.25, -0.2) is 9.18 Å². The zero-order valence-corrected chi connectivity index (χ0v) is 9.09. The highest BCUT2D eigenvalue weighted by molar-refractivity contribution is 5.75. The summed E-state index contributed by atoms with van der Waals surface area (Å²) in [5.41, 5.74) is 0. The van der Waals surface area contributed by atoms with Crippen molar-refractivity contribution in [2.75, 3.05) is 7.11 Å². The molecule has 0 radical (unpaired) electrons. The van der Waals surface area contributed by atoms with Crippen molar-refractivity contribution in [3.05, 3.63) is 0 Å². The molecule has 6 heteroatoms. The number of rotatable bonds is 5. The van der Waals surface area contributed by atoms with Crippen LogP contribution in [0.5, 0.6) is 0 Å². The maximum absolute atomic E-state index is 13.2. The van der Waals surface area contributed by atoms with Crippen LogP contribution in [-0.4, -0.2) is 37.4 Å². The Hall–Kier alpha value is -0.780. The van der Waals surface area contributed by atoms with Crippen molar-refractivity contribution in [3.63, 3.8) is 0 Å². The third-order valence-corrected chi connectivity index (χ3v) is 1.76. The number of carbonyl (C=O) groups is 1. The Kier molecular flexibility index (Phi) is 5.07. The van der Waals surface area contributed by atoms with Crippen molar-refractivity contribution in [3.8, 4) is 0 Å². The lowest BCUT2D eigenvalue weighted by Gasteiger charge is -2.26. The van der Waals surface area contributed by atoms with E-state index in [0.29, 0.717) is 0 Å². The fourth-order valence-corrected chi connectivity index (χ4v) is 0.966. The van der Waals surface area contributed by atoms with Crippen molar-refractivity contribution in [2.24, 2.45) is 0 Å². The molecule has 0 bridgehead atoms. The Labute approximate surface area is 86.5 Å². The normalized spacial score (nSPS) is 16.3. The zero-order chi connectivity index (χ0) is 12.2. The van der Waals surface area contributed by atoms with E-state index in [1.807, 2.05) is 0 Å². The number of halogens is 3. The minimum Gasteiger partial charge on any atom is -0.467 e. The number of hydrogen-bond donors (Lipinski definition) is 0. The first-order chi connectivity index (χ1) is 6.73. The average molecular weight is 228 g/mol. The monoisotopic (exact) mass is 228 g/mol. The van der Waals surface area contributed by atoms with Crippen LogP contribution in [0.25, 0.3) is 0 Å². The minimum absolute atomic E-state index is 0.476. The molecular formula is C9H15F3O3. The van der Waals surface area contributed by atoms with Crippen molar-refractivity contribution >= 4 is 5.97 Å². The van der Waals surface area contributed by atoms with Crippen molar-refractivity contribution in [1.29, 1.82) is 0 Å². The highest BCUT2D eigenvalue weighted by atomic mass is 19.3. The first-order valence-electron chi connectivity index (χ1n) is 4.48. The minimum atomic E-state index is -3.89. The predicted octanol–water partition coefficient (Wildman–Crippen LogP) is 1.95. The smallest absolute Gasteiger partial charge is 0.347 e. The lowest BCUT2D eigenvalue weighted by molar-refractivity contribution is -0.196. The molecule has 0 aliphatic rings. The molecule has 0 saturated heterocycles. The van der Waals surface area contributed by atoms with Crippen molar-refractivity contribution in [2.45, 2.75) is 45.1 Å². The van der Waals surface area contributed by atoms with Gasteiger partial charge >= 0.3 is 11.9 Å². The highest BCUT2D eigenvalue weighted by Crippen LogP contribution is 2.29. The molecule has 0 rings (SSSR count). The van der Waals surface area contributed by atoms with E-state index in [-0.39, 0.29) is 0 Å². The topological polar surface area (TPSA) is 35.5 Å². The summed E-state index contributed by atoms with van der Waals surface area (Å²) >= 11 is 0. The maximum atomic E-state index is 13.2. The fourth-order valence-electron chi connectivity index (χ4n) is 0.966. The molecule has 0 heterocycles. The van der Waals surface area contributed by atoms with Gasteiger partial charge in [0.1, 0.15) is 6.10 Å². The number of hydrogen-bond acceptors (Lipinski definition) is 3. The van der Waals surface area contributed by atoms with Gasteiger partial charge in [0.25, 0.3) is 6.17 Å². The molecule has 2 unspecified atom stereocenters. The molecular weight excluding hydrogens is 213 g/mol. The second kappa shape index (κ2) is 5.34. The van der Waals surface area contributed by atoms with Gasteiger partial charge in [0.05, 0.1) is 13.2 Å². The fraction of sp³-hybridized carbons (Fsp3) is 0.889. The van der Waals surface area contributed by atoms with Crippen molar-refractivity contribution in [1.82, 2.24) is 0 Å². The number of alkyl halides is 3. The molecule has 0 aromatic carbocycles. The quantitative estimate of drug-likeness (QED) is 0.674. The van der Waals surface area contributed by atoms with E-state index in [1.54, 1.807) is 0 Å². The predicted molar refractivity (Wildman–Crippen MR) is 47.5 cm³/mol. The molecule has 3 nitrogen and oxygen atoms in total. The van der Waals surface area contributed by atoms with E-state index in [1.165, 1.54) is 13.8 Å². The third kappa shape index (κ3) is 3.70. The summed E-state index contributed by atoms with van der Waals surface area (Å²) in [6, 6.07) is 0. The Morgan fingerprint density at radius 1 is 1.27 bits per heavy atom. The Balaban J connectivity index is 4.57. The SMILES string of the molecule is COC(=O)C(F)C(F)(F)C(C)OC(C)C. The molecule has 0 saturated carbocycles. The van der Waals surface area contributed by atoms with Gasteiger partial charge in [-0.3, -0.25) is 0 Å². The Bertz CT molecular complexity index is 219. The van der Waals surface area contributed by atoms with Gasteiger partial charge in [-0.05, 0) is 20.8 Å². The van der Waals surface area contributed by atoms with E-state index in [0.717, 1.165) is 14.0 Å². The first-order valence-corrected chi connectivity index (χ1v) is 4.48. The van der Waals surface area contributed by atoms with Crippen LogP contribution in [0.4, 0.5) is 13.2 Å². The van der Waals surface area contributed by atoms with Crippen LogP contribution in [0, 0.1) is 0 Å². The van der Waals surface area contributed by atoms with Crippen LogP contribution in [-0.2, 0) is 14.3 Å². The number of esters is 1. The number of methoxy groups -OCH3 is 1. The zero-order valence-electron chi connectivity index (χ0n) is 9.09. The third-order valence-electron chi connectivity index (χ3n) is 1.76. The van der Waals surface area contributed by atoms with Crippen molar-refractivity contribution < 1.29 is 27.4 Å². The van der Waals surface area contributed by atoms with Crippen LogP contribution < -0.4 is 0 Å². The Morgan fingerprint density at radius 2 is 1.73 bits per heavy atom. The van der Waals surface area contributed by atoms with E-state index >= 15 is 0 Å². The Morgan fingerprint density at radius 3 is 2.07 bits per heavy atom. The van der Waals surface area contributed by atoms with Gasteiger partial charge in [-0.1, -0.05) is 0 Å². The highest BCUT2D eigenvalue weighted by Gasteiger charge is 2.51. The molecule has 0 aromatic rings. The first kappa shape index (κ1) is 14.2. The van der Waals surface area contributed by atoms with Gasteiger partial charge in [0.15, 0.2) is 0 Å². The summed E-state index contributed by atoms with van der Waals surface area (Å²) in [5.74, 6) is -5.49. The molecule has 0 aliphatic heterocycles. The summed E-state index contributed by atoms with van der Waals surface area (Å²) in [6.45, 7) is 4.09. The van der Waals surface area contributed by atoms with Crippen LogP contribution in [0.3, 0.4) is 0 Å². The number of ether oxygens (including phenoxy) is 2. The molecule has 0 amide bonds. The lowest BCUT2D eigenvalue weighted by atomic mass is 10.1. The molecule has 0 aliphatic carbocycles. The van der Waals surface area contributed by atoms with Crippen LogP contribution >= 0.6 is 0 Å². The van der Waals surface area contributed by atoms with E-state index < -0.39 is 30.3 Å². The molecule has 15 heavy (non-hydrogen) atoms. The van der Waals surface area contributed by atoms with E-state index in [4.69, 9.17) is 4.74 Å². The number of carbonyl (C=O) groups excluding carboxylic acids is 1. The molecule has 0 aromatic heterocycles. The summed E-state index contributed by atoms with van der Waals surface area (Å²) in [5, 5.41) is 0. The molecule has 2 atom stereocenters. The summed E-state index contributed by atoms with van der Waals surface area (Å²) in [6.07, 6.45) is -5.17. The van der Waals surface area contributed by atoms with E-state index in [9.17, 15) is 18.0 Å². The van der Waals surface area contributed by atoms with Crippen LogP contribution in [0.2, 0.25) is 0 Å². The van der Waals surface area contributed by atoms with Gasteiger partial charge in [-0.2, -0.15) is 8.78 Å².